The van der Waals surface area contributed by atoms with Gasteiger partial charge in [0.05, 0.1) is 0 Å². The number of amides is 2. The van der Waals surface area contributed by atoms with Crippen molar-refractivity contribution in [2.45, 2.75) is 33.6 Å². The zero-order valence-corrected chi connectivity index (χ0v) is 15.6. The van der Waals surface area contributed by atoms with Gasteiger partial charge in [-0.1, -0.05) is 26.0 Å². The second-order valence-corrected chi connectivity index (χ2v) is 6.92. The Kier molecular flexibility index (Phi) is 6.78. The maximum Gasteiger partial charge on any atom is 0.251 e. The summed E-state index contributed by atoms with van der Waals surface area (Å²) in [6.45, 7) is 6.44. The second kappa shape index (κ2) is 9.04. The van der Waals surface area contributed by atoms with Crippen LogP contribution in [0.1, 0.15) is 41.8 Å². The van der Waals surface area contributed by atoms with Gasteiger partial charge in [0.15, 0.2) is 0 Å². The van der Waals surface area contributed by atoms with Gasteiger partial charge in [-0.3, -0.25) is 9.59 Å². The Balaban J connectivity index is 1.89. The summed E-state index contributed by atoms with van der Waals surface area (Å²) >= 11 is 0. The van der Waals surface area contributed by atoms with Crippen LogP contribution < -0.4 is 16.4 Å². The third kappa shape index (κ3) is 5.92. The van der Waals surface area contributed by atoms with E-state index in [0.717, 1.165) is 28.9 Å². The number of anilines is 2. The summed E-state index contributed by atoms with van der Waals surface area (Å²) in [5.41, 5.74) is 9.72. The lowest BCUT2D eigenvalue weighted by molar-refractivity contribution is -0.116. The molecule has 0 aliphatic heterocycles. The summed E-state index contributed by atoms with van der Waals surface area (Å²) in [5, 5.41) is 5.81. The van der Waals surface area contributed by atoms with Crippen LogP contribution in [-0.4, -0.2) is 18.4 Å². The molecule has 0 aliphatic carbocycles. The first-order chi connectivity index (χ1) is 12.3. The van der Waals surface area contributed by atoms with Gasteiger partial charge in [-0.2, -0.15) is 0 Å². The van der Waals surface area contributed by atoms with E-state index in [1.165, 1.54) is 0 Å². The maximum atomic E-state index is 12.3. The van der Waals surface area contributed by atoms with E-state index in [4.69, 9.17) is 5.73 Å². The van der Waals surface area contributed by atoms with Crippen LogP contribution in [0.3, 0.4) is 0 Å². The molecule has 4 N–H and O–H groups in total. The number of nitrogens with one attached hydrogen (secondary N) is 2. The molecule has 0 radical (unpaired) electrons. The molecular formula is C21H27N3O2. The van der Waals surface area contributed by atoms with Crippen LogP contribution in [0.15, 0.2) is 42.5 Å². The molecule has 0 aromatic heterocycles. The molecule has 0 unspecified atom stereocenters. The van der Waals surface area contributed by atoms with E-state index in [2.05, 4.69) is 10.6 Å². The molecule has 2 amide bonds. The standard InChI is InChI=1S/C21H27N3O2/c1-14(2)12-20(25)24-19-9-6-17(13-15(19)3)21(26)23-11-10-16-4-7-18(22)8-5-16/h4-9,13-14H,10-12,22H2,1-3H3,(H,23,26)(H,24,25). The van der Waals surface area contributed by atoms with Crippen LogP contribution in [0.4, 0.5) is 11.4 Å². The molecule has 2 aromatic rings. The maximum absolute atomic E-state index is 12.3. The predicted molar refractivity (Wildman–Crippen MR) is 106 cm³/mol. The summed E-state index contributed by atoms with van der Waals surface area (Å²) in [4.78, 5) is 24.2. The third-order valence-electron chi connectivity index (χ3n) is 4.04. The summed E-state index contributed by atoms with van der Waals surface area (Å²) in [7, 11) is 0. The van der Waals surface area contributed by atoms with Crippen molar-refractivity contribution in [3.8, 4) is 0 Å². The first-order valence-electron chi connectivity index (χ1n) is 8.88. The van der Waals surface area contributed by atoms with Gasteiger partial charge in [-0.25, -0.2) is 0 Å². The highest BCUT2D eigenvalue weighted by Crippen LogP contribution is 2.17. The summed E-state index contributed by atoms with van der Waals surface area (Å²) in [5.74, 6) is 0.175. The van der Waals surface area contributed by atoms with E-state index in [0.29, 0.717) is 24.4 Å². The number of hydrogen-bond acceptors (Lipinski definition) is 3. The highest BCUT2D eigenvalue weighted by molar-refractivity contribution is 5.96. The van der Waals surface area contributed by atoms with Crippen molar-refractivity contribution < 1.29 is 9.59 Å². The number of carbonyl (C=O) groups is 2. The second-order valence-electron chi connectivity index (χ2n) is 6.92. The molecule has 5 heteroatoms. The van der Waals surface area contributed by atoms with Crippen molar-refractivity contribution in [2.75, 3.05) is 17.6 Å². The van der Waals surface area contributed by atoms with E-state index < -0.39 is 0 Å². The van der Waals surface area contributed by atoms with Gasteiger partial charge in [0.1, 0.15) is 0 Å². The minimum Gasteiger partial charge on any atom is -0.399 e. The van der Waals surface area contributed by atoms with Gasteiger partial charge >= 0.3 is 0 Å². The summed E-state index contributed by atoms with van der Waals surface area (Å²) in [6, 6.07) is 12.9. The molecule has 0 saturated heterocycles. The number of benzene rings is 2. The van der Waals surface area contributed by atoms with Crippen molar-refractivity contribution in [1.82, 2.24) is 5.32 Å². The average Bonchev–Trinajstić information content (AvgIpc) is 2.57. The Morgan fingerprint density at radius 2 is 1.77 bits per heavy atom. The highest BCUT2D eigenvalue weighted by Gasteiger charge is 2.10. The Morgan fingerprint density at radius 1 is 1.08 bits per heavy atom. The molecule has 0 atom stereocenters. The molecule has 138 valence electrons. The fourth-order valence-electron chi connectivity index (χ4n) is 2.62. The summed E-state index contributed by atoms with van der Waals surface area (Å²) in [6.07, 6.45) is 1.22. The van der Waals surface area contributed by atoms with Gasteiger partial charge in [0.2, 0.25) is 5.91 Å². The largest absolute Gasteiger partial charge is 0.399 e. The van der Waals surface area contributed by atoms with Crippen LogP contribution >= 0.6 is 0 Å². The number of hydrogen-bond donors (Lipinski definition) is 3. The van der Waals surface area contributed by atoms with Crippen molar-refractivity contribution in [2.24, 2.45) is 5.92 Å². The Bertz CT molecular complexity index is 767. The van der Waals surface area contributed by atoms with Gasteiger partial charge in [-0.05, 0) is 60.7 Å². The van der Waals surface area contributed by atoms with Crippen LogP contribution in [-0.2, 0) is 11.2 Å². The van der Waals surface area contributed by atoms with Gasteiger partial charge in [0, 0.05) is 29.9 Å². The van der Waals surface area contributed by atoms with Crippen LogP contribution in [0.25, 0.3) is 0 Å². The van der Waals surface area contributed by atoms with Crippen LogP contribution in [0.5, 0.6) is 0 Å². The average molecular weight is 353 g/mol. The van der Waals surface area contributed by atoms with E-state index in [9.17, 15) is 9.59 Å². The van der Waals surface area contributed by atoms with E-state index in [1.807, 2.05) is 45.0 Å². The van der Waals surface area contributed by atoms with Crippen molar-refractivity contribution in [1.29, 1.82) is 0 Å². The van der Waals surface area contributed by atoms with E-state index in [-0.39, 0.29) is 11.8 Å². The first-order valence-corrected chi connectivity index (χ1v) is 8.88. The number of aryl methyl sites for hydroxylation is 1. The van der Waals surface area contributed by atoms with Crippen LogP contribution in [0.2, 0.25) is 0 Å². The Labute approximate surface area is 155 Å². The predicted octanol–water partition coefficient (Wildman–Crippen LogP) is 3.53. The Hall–Kier alpha value is -2.82. The topological polar surface area (TPSA) is 84.2 Å². The van der Waals surface area contributed by atoms with Gasteiger partial charge in [-0.15, -0.1) is 0 Å². The minimum absolute atomic E-state index is 0.0104. The first kappa shape index (κ1) is 19.5. The molecule has 2 rings (SSSR count). The zero-order valence-electron chi connectivity index (χ0n) is 15.6. The van der Waals surface area contributed by atoms with E-state index in [1.54, 1.807) is 18.2 Å². The molecule has 26 heavy (non-hydrogen) atoms. The van der Waals surface area contributed by atoms with Crippen LogP contribution in [0, 0.1) is 12.8 Å². The highest BCUT2D eigenvalue weighted by atomic mass is 16.2. The number of carbonyl (C=O) groups excluding carboxylic acids is 2. The SMILES string of the molecule is Cc1cc(C(=O)NCCc2ccc(N)cc2)ccc1NC(=O)CC(C)C. The minimum atomic E-state index is -0.122. The Morgan fingerprint density at radius 3 is 2.38 bits per heavy atom. The molecule has 0 heterocycles. The normalized spacial score (nSPS) is 10.6. The quantitative estimate of drug-likeness (QED) is 0.666. The summed E-state index contributed by atoms with van der Waals surface area (Å²) < 4.78 is 0. The lowest BCUT2D eigenvalue weighted by Gasteiger charge is -2.12. The van der Waals surface area contributed by atoms with Crippen molar-refractivity contribution in [3.05, 3.63) is 59.2 Å². The zero-order chi connectivity index (χ0) is 19.1. The lowest BCUT2D eigenvalue weighted by Crippen LogP contribution is -2.25. The van der Waals surface area contributed by atoms with Gasteiger partial charge in [0.25, 0.3) is 5.91 Å². The molecule has 0 spiro atoms. The lowest BCUT2D eigenvalue weighted by atomic mass is 10.1. The smallest absolute Gasteiger partial charge is 0.251 e. The fourth-order valence-corrected chi connectivity index (χ4v) is 2.62. The third-order valence-corrected chi connectivity index (χ3v) is 4.04. The molecule has 5 nitrogen and oxygen atoms in total. The van der Waals surface area contributed by atoms with Crippen molar-refractivity contribution >= 4 is 23.2 Å². The molecule has 0 saturated carbocycles. The molecule has 0 aliphatic rings. The number of rotatable bonds is 7. The number of nitrogen functional groups attached to an aromatic ring is 1. The molecule has 0 fully saturated rings. The molecule has 2 aromatic carbocycles. The van der Waals surface area contributed by atoms with E-state index >= 15 is 0 Å². The van der Waals surface area contributed by atoms with Crippen molar-refractivity contribution in [3.63, 3.8) is 0 Å². The monoisotopic (exact) mass is 353 g/mol. The molecule has 0 bridgehead atoms. The fraction of sp³-hybridized carbons (Fsp3) is 0.333. The van der Waals surface area contributed by atoms with Gasteiger partial charge < -0.3 is 16.4 Å². The molecular weight excluding hydrogens is 326 g/mol. The number of nitrogens with two attached hydrogens (primary N) is 1.